The highest BCUT2D eigenvalue weighted by molar-refractivity contribution is 6.32. The minimum Gasteiger partial charge on any atom is -0.465 e. The van der Waals surface area contributed by atoms with Gasteiger partial charge in [-0.3, -0.25) is 4.79 Å². The summed E-state index contributed by atoms with van der Waals surface area (Å²) < 4.78 is 4.75. The number of rotatable bonds is 6. The molecule has 2 N–H and O–H groups in total. The van der Waals surface area contributed by atoms with Gasteiger partial charge < -0.3 is 15.2 Å². The molecule has 1 unspecified atom stereocenters. The van der Waals surface area contributed by atoms with E-state index in [-0.39, 0.29) is 17.0 Å². The number of halogens is 1. The number of carbonyl (C=O) groups excluding carboxylic acids is 2. The van der Waals surface area contributed by atoms with E-state index in [0.29, 0.717) is 22.4 Å². The van der Waals surface area contributed by atoms with Crippen molar-refractivity contribution < 1.29 is 19.4 Å². The van der Waals surface area contributed by atoms with E-state index in [0.717, 1.165) is 0 Å². The van der Waals surface area contributed by atoms with Crippen molar-refractivity contribution in [1.82, 2.24) is 0 Å². The molecule has 0 aliphatic carbocycles. The van der Waals surface area contributed by atoms with Gasteiger partial charge in [-0.2, -0.15) is 5.26 Å². The number of nitrogens with zero attached hydrogens (tertiary/aromatic N) is 1. The van der Waals surface area contributed by atoms with Gasteiger partial charge in [-0.15, -0.1) is 0 Å². The van der Waals surface area contributed by atoms with Crippen molar-refractivity contribution in [3.63, 3.8) is 0 Å². The van der Waals surface area contributed by atoms with Crippen LogP contribution in [-0.4, -0.2) is 24.1 Å². The Bertz CT molecular complexity index is 1160. The number of nitrogens with one attached hydrogen (secondary N) is 1. The van der Waals surface area contributed by atoms with Crippen LogP contribution in [0.25, 0.3) is 0 Å². The molecule has 3 aromatic carbocycles. The summed E-state index contributed by atoms with van der Waals surface area (Å²) in [6.07, 6.45) is -0.0856. The lowest BCUT2D eigenvalue weighted by Gasteiger charge is -2.28. The second-order valence-corrected chi connectivity index (χ2v) is 7.26. The predicted octanol–water partition coefficient (Wildman–Crippen LogP) is 4.07. The lowest BCUT2D eigenvalue weighted by Crippen LogP contribution is -2.42. The van der Waals surface area contributed by atoms with Crippen LogP contribution in [0.1, 0.15) is 27.0 Å². The highest BCUT2D eigenvalue weighted by atomic mass is 35.5. The Kier molecular flexibility index (Phi) is 6.71. The molecule has 156 valence electrons. The Morgan fingerprint density at radius 3 is 2.48 bits per heavy atom. The molecule has 0 aliphatic heterocycles. The van der Waals surface area contributed by atoms with Crippen LogP contribution in [0.4, 0.5) is 5.69 Å². The van der Waals surface area contributed by atoms with Crippen LogP contribution in [0.3, 0.4) is 0 Å². The van der Waals surface area contributed by atoms with Crippen molar-refractivity contribution in [2.45, 2.75) is 12.0 Å². The largest absolute Gasteiger partial charge is 0.465 e. The molecule has 0 bridgehead atoms. The van der Waals surface area contributed by atoms with E-state index >= 15 is 0 Å². The summed E-state index contributed by atoms with van der Waals surface area (Å²) in [6.45, 7) is 0. The third kappa shape index (κ3) is 4.92. The van der Waals surface area contributed by atoms with Gasteiger partial charge in [0.05, 0.1) is 23.3 Å². The van der Waals surface area contributed by atoms with Gasteiger partial charge in [-0.05, 0) is 41.5 Å². The number of nitriles is 1. The molecule has 0 spiro atoms. The van der Waals surface area contributed by atoms with Gasteiger partial charge >= 0.3 is 5.97 Å². The number of benzene rings is 3. The Labute approximate surface area is 184 Å². The van der Waals surface area contributed by atoms with Gasteiger partial charge in [0.2, 0.25) is 0 Å². The number of methoxy groups -OCH3 is 1. The van der Waals surface area contributed by atoms with Crippen LogP contribution in [0.5, 0.6) is 0 Å². The quantitative estimate of drug-likeness (QED) is 0.570. The van der Waals surface area contributed by atoms with Crippen molar-refractivity contribution in [3.05, 3.63) is 100 Å². The maximum Gasteiger partial charge on any atom is 0.337 e. The van der Waals surface area contributed by atoms with Gasteiger partial charge in [-0.25, -0.2) is 4.79 Å². The molecule has 3 rings (SSSR count). The first-order valence-corrected chi connectivity index (χ1v) is 9.71. The molecule has 0 heterocycles. The number of anilines is 1. The van der Waals surface area contributed by atoms with E-state index in [1.54, 1.807) is 54.6 Å². The molecule has 1 amide bonds. The average Bonchev–Trinajstić information content (AvgIpc) is 2.79. The molecule has 0 aromatic heterocycles. The fourth-order valence-electron chi connectivity index (χ4n) is 3.17. The van der Waals surface area contributed by atoms with E-state index in [2.05, 4.69) is 5.32 Å². The van der Waals surface area contributed by atoms with Crippen LogP contribution < -0.4 is 5.32 Å². The fourth-order valence-corrected chi connectivity index (χ4v) is 3.39. The molecular weight excluding hydrogens is 416 g/mol. The lowest BCUT2D eigenvalue weighted by atomic mass is 9.86. The number of amides is 1. The molecule has 31 heavy (non-hydrogen) atoms. The summed E-state index contributed by atoms with van der Waals surface area (Å²) in [6, 6.07) is 21.5. The number of ether oxygens (including phenoxy) is 1. The molecule has 0 aliphatic rings. The monoisotopic (exact) mass is 434 g/mol. The molecule has 0 fully saturated rings. The van der Waals surface area contributed by atoms with E-state index < -0.39 is 17.5 Å². The van der Waals surface area contributed by atoms with Crippen LogP contribution in [-0.2, 0) is 21.6 Å². The Morgan fingerprint density at radius 2 is 1.84 bits per heavy atom. The summed E-state index contributed by atoms with van der Waals surface area (Å²) >= 11 is 6.05. The number of carbonyl (C=O) groups is 2. The summed E-state index contributed by atoms with van der Waals surface area (Å²) in [5.41, 5.74) is -0.0481. The summed E-state index contributed by atoms with van der Waals surface area (Å²) in [4.78, 5) is 25.1. The maximum atomic E-state index is 13.2. The lowest BCUT2D eigenvalue weighted by molar-refractivity contribution is -0.135. The van der Waals surface area contributed by atoms with Crippen molar-refractivity contribution in [2.24, 2.45) is 0 Å². The molecular formula is C24H19ClN2O4. The van der Waals surface area contributed by atoms with Crippen molar-refractivity contribution in [3.8, 4) is 6.07 Å². The topological polar surface area (TPSA) is 99.4 Å². The van der Waals surface area contributed by atoms with Gasteiger partial charge in [0, 0.05) is 12.1 Å². The van der Waals surface area contributed by atoms with Gasteiger partial charge in [0.1, 0.15) is 6.07 Å². The highest BCUT2D eigenvalue weighted by Crippen LogP contribution is 2.29. The number of esters is 1. The van der Waals surface area contributed by atoms with Crippen LogP contribution in [0, 0.1) is 11.3 Å². The zero-order chi connectivity index (χ0) is 22.4. The Morgan fingerprint density at radius 1 is 1.10 bits per heavy atom. The second kappa shape index (κ2) is 9.43. The molecule has 0 radical (unpaired) electrons. The minimum atomic E-state index is -1.93. The van der Waals surface area contributed by atoms with Crippen LogP contribution in [0.2, 0.25) is 5.02 Å². The standard InChI is InChI=1S/C24H19ClN2O4/c1-31-22(28)17-7-5-6-16(12-17)14-24(30,19-8-3-2-4-9-19)23(29)27-20-11-10-18(15-26)21(25)13-20/h2-13,30H,14H2,1H3,(H,27,29). The van der Waals surface area contributed by atoms with Crippen molar-refractivity contribution >= 4 is 29.2 Å². The SMILES string of the molecule is COC(=O)c1cccc(CC(O)(C(=O)Nc2ccc(C#N)c(Cl)c2)c2ccccc2)c1. The third-order valence-electron chi connectivity index (χ3n) is 4.78. The summed E-state index contributed by atoms with van der Waals surface area (Å²) in [7, 11) is 1.28. The molecule has 1 atom stereocenters. The van der Waals surface area contributed by atoms with Crippen molar-refractivity contribution in [2.75, 3.05) is 12.4 Å². The zero-order valence-corrected chi connectivity index (χ0v) is 17.4. The zero-order valence-electron chi connectivity index (χ0n) is 16.6. The van der Waals surface area contributed by atoms with Gasteiger partial charge in [0.25, 0.3) is 5.91 Å². The molecule has 0 saturated carbocycles. The van der Waals surface area contributed by atoms with E-state index in [1.807, 2.05) is 6.07 Å². The third-order valence-corrected chi connectivity index (χ3v) is 5.10. The summed E-state index contributed by atoms with van der Waals surface area (Å²) in [5.74, 6) is -1.19. The Balaban J connectivity index is 1.96. The van der Waals surface area contributed by atoms with Crippen LogP contribution >= 0.6 is 11.6 Å². The normalized spacial score (nSPS) is 12.3. The van der Waals surface area contributed by atoms with E-state index in [4.69, 9.17) is 21.6 Å². The molecule has 0 saturated heterocycles. The first kappa shape index (κ1) is 22.0. The minimum absolute atomic E-state index is 0.0856. The first-order chi connectivity index (χ1) is 14.9. The van der Waals surface area contributed by atoms with Gasteiger partial charge in [0.15, 0.2) is 5.60 Å². The molecule has 6 nitrogen and oxygen atoms in total. The van der Waals surface area contributed by atoms with E-state index in [9.17, 15) is 14.7 Å². The number of aliphatic hydroxyl groups is 1. The van der Waals surface area contributed by atoms with Gasteiger partial charge in [-0.1, -0.05) is 54.1 Å². The number of hydrogen-bond acceptors (Lipinski definition) is 5. The summed E-state index contributed by atoms with van der Waals surface area (Å²) in [5, 5.41) is 23.4. The van der Waals surface area contributed by atoms with Crippen molar-refractivity contribution in [1.29, 1.82) is 5.26 Å². The molecule has 3 aromatic rings. The fraction of sp³-hybridized carbons (Fsp3) is 0.125. The Hall–Kier alpha value is -3.66. The van der Waals surface area contributed by atoms with Crippen LogP contribution in [0.15, 0.2) is 72.8 Å². The predicted molar refractivity (Wildman–Crippen MR) is 117 cm³/mol. The first-order valence-electron chi connectivity index (χ1n) is 9.33. The highest BCUT2D eigenvalue weighted by Gasteiger charge is 2.38. The molecule has 7 heteroatoms. The number of hydrogen-bond donors (Lipinski definition) is 2. The maximum absolute atomic E-state index is 13.2. The smallest absolute Gasteiger partial charge is 0.337 e. The second-order valence-electron chi connectivity index (χ2n) is 6.86. The van der Waals surface area contributed by atoms with E-state index in [1.165, 1.54) is 25.3 Å². The average molecular weight is 435 g/mol.